The number of hydrogen-bond donors (Lipinski definition) is 1. The van der Waals surface area contributed by atoms with E-state index < -0.39 is 23.3 Å². The second-order valence-corrected chi connectivity index (χ2v) is 7.68. The summed E-state index contributed by atoms with van der Waals surface area (Å²) in [5, 5.41) is 29.8. The van der Waals surface area contributed by atoms with Gasteiger partial charge in [0.2, 0.25) is 0 Å². The molecule has 0 saturated carbocycles. The van der Waals surface area contributed by atoms with Crippen molar-refractivity contribution >= 4 is 6.09 Å². The lowest BCUT2D eigenvalue weighted by molar-refractivity contribution is 0.0898. The molecule has 1 aliphatic carbocycles. The Balaban J connectivity index is 1.69. The van der Waals surface area contributed by atoms with Crippen LogP contribution in [0.15, 0.2) is 76.3 Å². The van der Waals surface area contributed by atoms with E-state index in [1.165, 1.54) is 17.4 Å². The van der Waals surface area contributed by atoms with Gasteiger partial charge in [-0.1, -0.05) is 36.4 Å². The molecule has 0 bridgehead atoms. The first-order valence-corrected chi connectivity index (χ1v) is 9.96. The summed E-state index contributed by atoms with van der Waals surface area (Å²) in [4.78, 5) is 14.3. The van der Waals surface area contributed by atoms with Crippen molar-refractivity contribution in [3.63, 3.8) is 0 Å². The van der Waals surface area contributed by atoms with Crippen molar-refractivity contribution in [3.8, 4) is 18.2 Å². The highest BCUT2D eigenvalue weighted by Crippen LogP contribution is 2.54. The molecule has 1 amide bonds. The van der Waals surface area contributed by atoms with Crippen molar-refractivity contribution in [2.75, 3.05) is 13.1 Å². The van der Waals surface area contributed by atoms with Crippen molar-refractivity contribution in [2.24, 2.45) is 17.1 Å². The largest absolute Gasteiger partial charge is 0.472 e. The van der Waals surface area contributed by atoms with Crippen LogP contribution in [0.4, 0.5) is 4.79 Å². The van der Waals surface area contributed by atoms with Crippen molar-refractivity contribution in [2.45, 2.75) is 12.5 Å². The van der Waals surface area contributed by atoms with Crippen LogP contribution in [0.25, 0.3) is 0 Å². The normalized spacial score (nSPS) is 21.4. The van der Waals surface area contributed by atoms with Crippen LogP contribution >= 0.6 is 0 Å². The number of furan rings is 1. The molecule has 2 aromatic rings. The molecule has 4 rings (SSSR count). The van der Waals surface area contributed by atoms with Crippen molar-refractivity contribution in [1.29, 1.82) is 15.8 Å². The number of carbonyl (C=O) groups is 1. The summed E-state index contributed by atoms with van der Waals surface area (Å²) < 4.78 is 10.7. The lowest BCUT2D eigenvalue weighted by Gasteiger charge is -2.44. The molecule has 1 aromatic heterocycles. The fraction of sp³-hybridized carbons (Fsp3) is 0.250. The monoisotopic (exact) mass is 425 g/mol. The van der Waals surface area contributed by atoms with E-state index in [0.717, 1.165) is 5.56 Å². The number of hydrogen-bond acceptors (Lipinski definition) is 7. The maximum absolute atomic E-state index is 12.8. The van der Waals surface area contributed by atoms with Gasteiger partial charge in [-0.15, -0.1) is 0 Å². The van der Waals surface area contributed by atoms with Gasteiger partial charge in [-0.25, -0.2) is 4.79 Å². The number of fused-ring (bicyclic) bond motifs is 1. The van der Waals surface area contributed by atoms with Gasteiger partial charge in [0, 0.05) is 24.9 Å². The zero-order chi connectivity index (χ0) is 22.7. The van der Waals surface area contributed by atoms with E-state index in [1.807, 2.05) is 42.5 Å². The molecule has 2 aliphatic rings. The second kappa shape index (κ2) is 8.34. The molecule has 0 fully saturated rings. The van der Waals surface area contributed by atoms with E-state index in [1.54, 1.807) is 12.1 Å². The Morgan fingerprint density at radius 2 is 1.97 bits per heavy atom. The molecule has 8 heteroatoms. The van der Waals surface area contributed by atoms with Gasteiger partial charge in [0.1, 0.15) is 12.7 Å². The standard InChI is InChI=1S/C24H19N5O3/c25-10-19-18-6-8-29(23(30)32-12-16-4-2-1-3-5-16)11-20(18)21(17-7-9-31-13-17)24(14-26,15-27)22(19)28/h1-7,9,13,20-21H,8,11-12,28H2/t20-,21-/m1/s1. The third kappa shape index (κ3) is 3.27. The average molecular weight is 425 g/mol. The molecule has 2 heterocycles. The number of benzene rings is 1. The van der Waals surface area contributed by atoms with Gasteiger partial charge < -0.3 is 19.8 Å². The average Bonchev–Trinajstić information content (AvgIpc) is 3.36. The SMILES string of the molecule is N#CC1=C(N)C(C#N)(C#N)[C@H](c2ccoc2)[C@@H]2CN(C(=O)OCc3ccccc3)CC=C12. The molecule has 32 heavy (non-hydrogen) atoms. The van der Waals surface area contributed by atoms with E-state index in [2.05, 4.69) is 6.07 Å². The maximum atomic E-state index is 12.8. The van der Waals surface area contributed by atoms with Gasteiger partial charge in [0.05, 0.1) is 35.9 Å². The van der Waals surface area contributed by atoms with Gasteiger partial charge in [-0.05, 0) is 22.8 Å². The highest BCUT2D eigenvalue weighted by Gasteiger charge is 2.55. The van der Waals surface area contributed by atoms with E-state index in [4.69, 9.17) is 14.9 Å². The number of rotatable bonds is 3. The van der Waals surface area contributed by atoms with E-state index in [-0.39, 0.29) is 31.0 Å². The fourth-order valence-corrected chi connectivity index (χ4v) is 4.47. The summed E-state index contributed by atoms with van der Waals surface area (Å²) in [6, 6.07) is 17.1. The number of amides is 1. The lowest BCUT2D eigenvalue weighted by Crippen LogP contribution is -2.49. The van der Waals surface area contributed by atoms with Crippen molar-refractivity contribution in [1.82, 2.24) is 4.90 Å². The smallest absolute Gasteiger partial charge is 0.410 e. The molecule has 0 saturated heterocycles. The van der Waals surface area contributed by atoms with Gasteiger partial charge >= 0.3 is 6.09 Å². The molecule has 0 unspecified atom stereocenters. The minimum atomic E-state index is -1.77. The van der Waals surface area contributed by atoms with Gasteiger partial charge in [0.25, 0.3) is 0 Å². The lowest BCUT2D eigenvalue weighted by atomic mass is 9.58. The predicted molar refractivity (Wildman–Crippen MR) is 112 cm³/mol. The zero-order valence-corrected chi connectivity index (χ0v) is 17.1. The Hall–Kier alpha value is -4.48. The first kappa shape index (κ1) is 20.8. The van der Waals surface area contributed by atoms with E-state index in [9.17, 15) is 20.6 Å². The number of carbonyl (C=O) groups excluding carboxylic acids is 1. The Kier molecular flexibility index (Phi) is 5.41. The summed E-state index contributed by atoms with van der Waals surface area (Å²) >= 11 is 0. The van der Waals surface area contributed by atoms with E-state index >= 15 is 0 Å². The summed E-state index contributed by atoms with van der Waals surface area (Å²) in [6.07, 6.45) is 4.14. The highest BCUT2D eigenvalue weighted by molar-refractivity contribution is 5.69. The molecule has 0 radical (unpaired) electrons. The van der Waals surface area contributed by atoms with Crippen LogP contribution in [0.3, 0.4) is 0 Å². The Morgan fingerprint density at radius 3 is 2.59 bits per heavy atom. The van der Waals surface area contributed by atoms with Crippen molar-refractivity contribution < 1.29 is 13.9 Å². The topological polar surface area (TPSA) is 140 Å². The Labute approximate surface area is 185 Å². The first-order valence-electron chi connectivity index (χ1n) is 9.96. The quantitative estimate of drug-likeness (QED) is 0.795. The summed E-state index contributed by atoms with van der Waals surface area (Å²) in [7, 11) is 0. The number of nitrogens with zero attached hydrogens (tertiary/aromatic N) is 4. The molecular formula is C24H19N5O3. The third-order valence-electron chi connectivity index (χ3n) is 6.03. The Bertz CT molecular complexity index is 1200. The van der Waals surface area contributed by atoms with E-state index in [0.29, 0.717) is 11.1 Å². The fourth-order valence-electron chi connectivity index (χ4n) is 4.47. The molecular weight excluding hydrogens is 406 g/mol. The molecule has 158 valence electrons. The number of allylic oxidation sites excluding steroid dienone is 2. The molecule has 2 atom stereocenters. The minimum Gasteiger partial charge on any atom is -0.472 e. The van der Waals surface area contributed by atoms with Crippen LogP contribution < -0.4 is 5.73 Å². The minimum absolute atomic E-state index is 0.0706. The zero-order valence-electron chi connectivity index (χ0n) is 17.1. The molecule has 8 nitrogen and oxygen atoms in total. The van der Waals surface area contributed by atoms with Gasteiger partial charge in [0.15, 0.2) is 5.41 Å². The van der Waals surface area contributed by atoms with Crippen LogP contribution in [0.2, 0.25) is 0 Å². The van der Waals surface area contributed by atoms with Gasteiger partial charge in [-0.3, -0.25) is 0 Å². The highest BCUT2D eigenvalue weighted by atomic mass is 16.6. The van der Waals surface area contributed by atoms with Crippen LogP contribution in [0.5, 0.6) is 0 Å². The summed E-state index contributed by atoms with van der Waals surface area (Å²) in [5.41, 5.74) is 6.60. The maximum Gasteiger partial charge on any atom is 0.410 e. The van der Waals surface area contributed by atoms with Gasteiger partial charge in [-0.2, -0.15) is 15.8 Å². The molecule has 1 aromatic carbocycles. The number of ether oxygens (including phenoxy) is 1. The summed E-state index contributed by atoms with van der Waals surface area (Å²) in [5.74, 6) is -1.23. The number of nitriles is 3. The molecule has 0 spiro atoms. The summed E-state index contributed by atoms with van der Waals surface area (Å²) in [6.45, 7) is 0.514. The Morgan fingerprint density at radius 1 is 1.22 bits per heavy atom. The predicted octanol–water partition coefficient (Wildman–Crippen LogP) is 3.34. The van der Waals surface area contributed by atoms with Crippen molar-refractivity contribution in [3.05, 3.63) is 83.0 Å². The molecule has 1 aliphatic heterocycles. The van der Waals surface area contributed by atoms with Crippen LogP contribution in [0.1, 0.15) is 17.0 Å². The van der Waals surface area contributed by atoms with Crippen LogP contribution in [-0.4, -0.2) is 24.1 Å². The third-order valence-corrected chi connectivity index (χ3v) is 6.03. The van der Waals surface area contributed by atoms with Crippen LogP contribution in [-0.2, 0) is 11.3 Å². The molecule has 2 N–H and O–H groups in total. The first-order chi connectivity index (χ1) is 15.6. The van der Waals surface area contributed by atoms with Crippen LogP contribution in [0, 0.1) is 45.3 Å². The second-order valence-electron chi connectivity index (χ2n) is 7.68. The number of nitrogens with two attached hydrogens (primary N) is 1.